The lowest BCUT2D eigenvalue weighted by Crippen LogP contribution is -2.36. The molecule has 1 aliphatic heterocycles. The molecule has 5 nitrogen and oxygen atoms in total. The molecule has 0 N–H and O–H groups in total. The predicted octanol–water partition coefficient (Wildman–Crippen LogP) is 2.32. The fraction of sp³-hybridized carbons (Fsp3) is 0.400. The maximum Gasteiger partial charge on any atom is 0.267 e. The fourth-order valence-corrected chi connectivity index (χ4v) is 4.52. The molecule has 0 radical (unpaired) electrons. The van der Waals surface area contributed by atoms with Crippen LogP contribution < -0.4 is 4.31 Å². The maximum atomic E-state index is 14.6. The second-order valence-electron chi connectivity index (χ2n) is 5.60. The number of rotatable bonds is 2. The molecule has 118 valence electrons. The van der Waals surface area contributed by atoms with Gasteiger partial charge in [-0.2, -0.15) is 5.10 Å². The van der Waals surface area contributed by atoms with Crippen LogP contribution in [0.25, 0.3) is 0 Å². The van der Waals surface area contributed by atoms with E-state index in [0.717, 1.165) is 5.56 Å². The summed E-state index contributed by atoms with van der Waals surface area (Å²) in [7, 11) is -2.13. The van der Waals surface area contributed by atoms with Gasteiger partial charge in [0.05, 0.1) is 17.6 Å². The standard InChI is InChI=1S/C15H18FN3O2S/c1-10-6-7-12-5-4-8-19(15(12)14(10)16)22(20,21)13-9-17-18(3)11(13)2/h6-7,9H,4-5,8H2,1-3H3. The first kappa shape index (κ1) is 15.0. The fourth-order valence-electron chi connectivity index (χ4n) is 2.79. The van der Waals surface area contributed by atoms with Crippen molar-refractivity contribution >= 4 is 15.7 Å². The van der Waals surface area contributed by atoms with Gasteiger partial charge in [0, 0.05) is 13.6 Å². The Morgan fingerprint density at radius 2 is 2.00 bits per heavy atom. The Morgan fingerprint density at radius 3 is 2.64 bits per heavy atom. The zero-order chi connectivity index (χ0) is 16.1. The van der Waals surface area contributed by atoms with E-state index in [4.69, 9.17) is 0 Å². The van der Waals surface area contributed by atoms with E-state index >= 15 is 0 Å². The molecule has 0 saturated heterocycles. The van der Waals surface area contributed by atoms with Gasteiger partial charge in [-0.05, 0) is 37.8 Å². The summed E-state index contributed by atoms with van der Waals surface area (Å²) in [6, 6.07) is 3.51. The summed E-state index contributed by atoms with van der Waals surface area (Å²) in [6.07, 6.45) is 2.69. The average molecular weight is 323 g/mol. The molecule has 0 spiro atoms. The van der Waals surface area contributed by atoms with Crippen LogP contribution in [-0.4, -0.2) is 24.7 Å². The van der Waals surface area contributed by atoms with E-state index in [0.29, 0.717) is 24.1 Å². The van der Waals surface area contributed by atoms with E-state index in [1.54, 1.807) is 27.0 Å². The minimum absolute atomic E-state index is 0.128. The second kappa shape index (κ2) is 5.08. The molecule has 1 aromatic heterocycles. The first-order chi connectivity index (χ1) is 10.3. The number of aryl methyl sites for hydroxylation is 3. The molecule has 0 atom stereocenters. The van der Waals surface area contributed by atoms with Crippen molar-refractivity contribution in [3.63, 3.8) is 0 Å². The summed E-state index contributed by atoms with van der Waals surface area (Å²) in [5, 5.41) is 3.99. The Balaban J connectivity index is 2.19. The number of aromatic nitrogens is 2. The van der Waals surface area contributed by atoms with Crippen molar-refractivity contribution in [3.05, 3.63) is 41.0 Å². The Labute approximate surface area is 129 Å². The molecule has 0 saturated carbocycles. The van der Waals surface area contributed by atoms with Gasteiger partial charge in [0.15, 0.2) is 5.82 Å². The van der Waals surface area contributed by atoms with Crippen molar-refractivity contribution in [1.29, 1.82) is 0 Å². The highest BCUT2D eigenvalue weighted by Gasteiger charge is 2.34. The van der Waals surface area contributed by atoms with Crippen molar-refractivity contribution in [3.8, 4) is 0 Å². The largest absolute Gasteiger partial charge is 0.272 e. The third-order valence-corrected chi connectivity index (χ3v) is 6.11. The van der Waals surface area contributed by atoms with Crippen LogP contribution in [0.15, 0.2) is 23.2 Å². The maximum absolute atomic E-state index is 14.6. The monoisotopic (exact) mass is 323 g/mol. The third kappa shape index (κ3) is 2.11. The van der Waals surface area contributed by atoms with E-state index in [1.807, 2.05) is 6.07 Å². The lowest BCUT2D eigenvalue weighted by molar-refractivity contribution is 0.574. The number of benzene rings is 1. The Morgan fingerprint density at radius 1 is 1.27 bits per heavy atom. The van der Waals surface area contributed by atoms with Gasteiger partial charge >= 0.3 is 0 Å². The quantitative estimate of drug-likeness (QED) is 0.852. The highest BCUT2D eigenvalue weighted by Crippen LogP contribution is 2.36. The van der Waals surface area contributed by atoms with E-state index in [2.05, 4.69) is 5.10 Å². The summed E-state index contributed by atoms with van der Waals surface area (Å²) in [4.78, 5) is 0.128. The topological polar surface area (TPSA) is 55.2 Å². The van der Waals surface area contributed by atoms with Crippen LogP contribution in [0.3, 0.4) is 0 Å². The molecule has 0 unspecified atom stereocenters. The molecule has 7 heteroatoms. The van der Waals surface area contributed by atoms with Gasteiger partial charge in [-0.15, -0.1) is 0 Å². The van der Waals surface area contributed by atoms with Crippen LogP contribution in [0.4, 0.5) is 10.1 Å². The molecule has 0 aliphatic carbocycles. The number of sulfonamides is 1. The van der Waals surface area contributed by atoms with Gasteiger partial charge in [0.1, 0.15) is 4.90 Å². The number of anilines is 1. The Bertz CT molecular complexity index is 843. The van der Waals surface area contributed by atoms with Crippen LogP contribution in [0.2, 0.25) is 0 Å². The minimum atomic E-state index is -3.81. The van der Waals surface area contributed by atoms with Gasteiger partial charge in [0.2, 0.25) is 0 Å². The lowest BCUT2D eigenvalue weighted by atomic mass is 10.0. The zero-order valence-electron chi connectivity index (χ0n) is 12.8. The number of halogens is 1. The summed E-state index contributed by atoms with van der Waals surface area (Å²) >= 11 is 0. The highest BCUT2D eigenvalue weighted by molar-refractivity contribution is 7.92. The van der Waals surface area contributed by atoms with Gasteiger partial charge < -0.3 is 0 Å². The van der Waals surface area contributed by atoms with Crippen LogP contribution in [0, 0.1) is 19.7 Å². The van der Waals surface area contributed by atoms with E-state index in [-0.39, 0.29) is 17.1 Å². The number of fused-ring (bicyclic) bond motifs is 1. The number of hydrogen-bond acceptors (Lipinski definition) is 3. The molecule has 2 aromatic rings. The minimum Gasteiger partial charge on any atom is -0.272 e. The molecule has 2 heterocycles. The van der Waals surface area contributed by atoms with Crippen molar-refractivity contribution in [2.75, 3.05) is 10.8 Å². The van der Waals surface area contributed by atoms with Crippen LogP contribution >= 0.6 is 0 Å². The molecule has 0 amide bonds. The molecule has 3 rings (SSSR count). The van der Waals surface area contributed by atoms with Gasteiger partial charge in [0.25, 0.3) is 10.0 Å². The summed E-state index contributed by atoms with van der Waals surface area (Å²) in [5.74, 6) is -0.456. The Hall–Kier alpha value is -1.89. The molecule has 0 fully saturated rings. The normalized spacial score (nSPS) is 15.0. The molecule has 22 heavy (non-hydrogen) atoms. The second-order valence-corrected chi connectivity index (χ2v) is 7.43. The number of nitrogens with zero attached hydrogens (tertiary/aromatic N) is 3. The molecule has 1 aliphatic rings. The van der Waals surface area contributed by atoms with E-state index in [9.17, 15) is 12.8 Å². The SMILES string of the molecule is Cc1ccc2c(c1F)N(S(=O)(=O)c1cnn(C)c1C)CCC2. The van der Waals surface area contributed by atoms with Gasteiger partial charge in [-0.25, -0.2) is 12.8 Å². The third-order valence-electron chi connectivity index (χ3n) is 4.21. The predicted molar refractivity (Wildman–Crippen MR) is 81.9 cm³/mol. The van der Waals surface area contributed by atoms with Crippen molar-refractivity contribution in [2.24, 2.45) is 7.05 Å². The average Bonchev–Trinajstić information content (AvgIpc) is 2.83. The molecular weight excluding hydrogens is 305 g/mol. The van der Waals surface area contributed by atoms with E-state index < -0.39 is 15.8 Å². The lowest BCUT2D eigenvalue weighted by Gasteiger charge is -2.31. The smallest absolute Gasteiger partial charge is 0.267 e. The van der Waals surface area contributed by atoms with Crippen LogP contribution in [-0.2, 0) is 23.5 Å². The van der Waals surface area contributed by atoms with Gasteiger partial charge in [-0.3, -0.25) is 8.99 Å². The van der Waals surface area contributed by atoms with Crippen molar-refractivity contribution in [2.45, 2.75) is 31.6 Å². The van der Waals surface area contributed by atoms with Gasteiger partial charge in [-0.1, -0.05) is 12.1 Å². The first-order valence-corrected chi connectivity index (χ1v) is 8.57. The summed E-state index contributed by atoms with van der Waals surface area (Å²) in [5.41, 5.74) is 1.91. The first-order valence-electron chi connectivity index (χ1n) is 7.13. The Kier molecular flexibility index (Phi) is 3.47. The van der Waals surface area contributed by atoms with Crippen molar-refractivity contribution in [1.82, 2.24) is 9.78 Å². The number of hydrogen-bond donors (Lipinski definition) is 0. The molecule has 1 aromatic carbocycles. The van der Waals surface area contributed by atoms with E-state index in [1.165, 1.54) is 15.2 Å². The van der Waals surface area contributed by atoms with Crippen molar-refractivity contribution < 1.29 is 12.8 Å². The molecule has 0 bridgehead atoms. The summed E-state index contributed by atoms with van der Waals surface area (Å²) in [6.45, 7) is 3.62. The van der Waals surface area contributed by atoms with Crippen LogP contribution in [0.5, 0.6) is 0 Å². The van der Waals surface area contributed by atoms with Crippen LogP contribution in [0.1, 0.15) is 23.2 Å². The highest BCUT2D eigenvalue weighted by atomic mass is 32.2. The summed E-state index contributed by atoms with van der Waals surface area (Å²) < 4.78 is 43.2. The zero-order valence-corrected chi connectivity index (χ0v) is 13.6. The molecular formula is C15H18FN3O2S.